The number of benzene rings is 1. The normalized spacial score (nSPS) is 15.2. The Hall–Kier alpha value is -3.17. The van der Waals surface area contributed by atoms with E-state index in [-0.39, 0.29) is 27.8 Å². The van der Waals surface area contributed by atoms with Gasteiger partial charge in [0.15, 0.2) is 0 Å². The second-order valence-electron chi connectivity index (χ2n) is 5.59. The Morgan fingerprint density at radius 1 is 0.917 bits per heavy atom. The van der Waals surface area contributed by atoms with E-state index in [2.05, 4.69) is 0 Å². The lowest BCUT2D eigenvalue weighted by molar-refractivity contribution is 0.484. The molecule has 1 aliphatic rings. The fourth-order valence-corrected chi connectivity index (χ4v) is 2.87. The molecule has 0 bridgehead atoms. The number of nitriles is 3. The Bertz CT molecular complexity index is 882. The van der Waals surface area contributed by atoms with Gasteiger partial charge in [-0.05, 0) is 26.8 Å². The third-order valence-electron chi connectivity index (χ3n) is 4.48. The summed E-state index contributed by atoms with van der Waals surface area (Å²) in [7, 11) is 1.71. The summed E-state index contributed by atoms with van der Waals surface area (Å²) in [5.74, 6) is -2.73. The molecule has 0 amide bonds. The van der Waals surface area contributed by atoms with Crippen molar-refractivity contribution in [1.82, 2.24) is 4.90 Å². The van der Waals surface area contributed by atoms with Gasteiger partial charge in [-0.25, -0.2) is 8.78 Å². The summed E-state index contributed by atoms with van der Waals surface area (Å²) in [4.78, 5) is 1.69. The monoisotopic (exact) mass is 324 g/mol. The van der Waals surface area contributed by atoms with Gasteiger partial charge in [0.05, 0.1) is 34.8 Å². The molecule has 0 N–H and O–H groups in total. The molecule has 0 radical (unpaired) electrons. The molecule has 0 saturated carbocycles. The highest BCUT2D eigenvalue weighted by Gasteiger charge is 2.34. The number of hydrogen-bond acceptors (Lipinski definition) is 4. The predicted octanol–water partition coefficient (Wildman–Crippen LogP) is 3.77. The molecule has 1 heterocycles. The van der Waals surface area contributed by atoms with Gasteiger partial charge in [-0.15, -0.1) is 0 Å². The highest BCUT2D eigenvalue weighted by Crippen LogP contribution is 2.42. The van der Waals surface area contributed by atoms with Crippen molar-refractivity contribution in [1.29, 1.82) is 15.8 Å². The summed E-state index contributed by atoms with van der Waals surface area (Å²) in [6.45, 7) is 4.63. The van der Waals surface area contributed by atoms with Crippen LogP contribution < -0.4 is 0 Å². The minimum absolute atomic E-state index is 0.0367. The summed E-state index contributed by atoms with van der Waals surface area (Å²) in [6, 6.07) is 6.83. The van der Waals surface area contributed by atoms with Crippen molar-refractivity contribution in [3.05, 3.63) is 56.9 Å². The summed E-state index contributed by atoms with van der Waals surface area (Å²) < 4.78 is 28.7. The van der Waals surface area contributed by atoms with Crippen LogP contribution in [-0.2, 0) is 0 Å². The average molecular weight is 324 g/mol. The van der Waals surface area contributed by atoms with Gasteiger partial charge in [-0.2, -0.15) is 15.8 Å². The molecule has 2 rings (SSSR count). The van der Waals surface area contributed by atoms with Gasteiger partial charge in [-0.3, -0.25) is 0 Å². The molecule has 0 aromatic heterocycles. The number of allylic oxidation sites excluding steroid dienone is 4. The average Bonchev–Trinajstić information content (AvgIpc) is 2.58. The molecular weight excluding hydrogens is 310 g/mol. The zero-order valence-corrected chi connectivity index (χ0v) is 13.7. The lowest BCUT2D eigenvalue weighted by atomic mass is 9.79. The van der Waals surface area contributed by atoms with E-state index in [4.69, 9.17) is 5.26 Å². The molecule has 1 aromatic rings. The van der Waals surface area contributed by atoms with Crippen LogP contribution in [0.5, 0.6) is 0 Å². The summed E-state index contributed by atoms with van der Waals surface area (Å²) in [6.07, 6.45) is 0. The largest absolute Gasteiger partial charge is 0.350 e. The molecule has 0 fully saturated rings. The standard InChI is InChI=1S/C18H14F2N4/c1-9-17(19)12(6-21)5-13(18(9)20)16-14(7-22)10(2)24(4)11(3)15(16)8-23/h5,16H,1-4H3. The first kappa shape index (κ1) is 17.2. The smallest absolute Gasteiger partial charge is 0.146 e. The third-order valence-corrected chi connectivity index (χ3v) is 4.48. The Morgan fingerprint density at radius 2 is 1.42 bits per heavy atom. The van der Waals surface area contributed by atoms with Crippen molar-refractivity contribution in [2.45, 2.75) is 26.7 Å². The van der Waals surface area contributed by atoms with E-state index >= 15 is 0 Å². The quantitative estimate of drug-likeness (QED) is 0.788. The van der Waals surface area contributed by atoms with Crippen molar-refractivity contribution >= 4 is 0 Å². The molecule has 24 heavy (non-hydrogen) atoms. The van der Waals surface area contributed by atoms with Crippen LogP contribution in [0.25, 0.3) is 0 Å². The lowest BCUT2D eigenvalue weighted by Crippen LogP contribution is -2.26. The second kappa shape index (κ2) is 6.14. The highest BCUT2D eigenvalue weighted by molar-refractivity contribution is 5.57. The zero-order chi connectivity index (χ0) is 18.2. The first-order valence-corrected chi connectivity index (χ1v) is 7.14. The molecular formula is C18H14F2N4. The van der Waals surface area contributed by atoms with E-state index in [0.717, 1.165) is 6.07 Å². The van der Waals surface area contributed by atoms with Crippen molar-refractivity contribution in [2.24, 2.45) is 0 Å². The fraction of sp³-hybridized carbons (Fsp3) is 0.278. The van der Waals surface area contributed by atoms with E-state index in [0.29, 0.717) is 11.4 Å². The number of halogens is 2. The first-order chi connectivity index (χ1) is 11.3. The molecule has 0 atom stereocenters. The molecule has 0 unspecified atom stereocenters. The van der Waals surface area contributed by atoms with Crippen molar-refractivity contribution in [3.63, 3.8) is 0 Å². The van der Waals surface area contributed by atoms with Gasteiger partial charge >= 0.3 is 0 Å². The van der Waals surface area contributed by atoms with Gasteiger partial charge in [0.2, 0.25) is 0 Å². The Labute approximate surface area is 139 Å². The van der Waals surface area contributed by atoms with Crippen LogP contribution in [0.15, 0.2) is 28.6 Å². The summed E-state index contributed by atoms with van der Waals surface area (Å²) in [5.41, 5.74) is 0.922. The van der Waals surface area contributed by atoms with Gasteiger partial charge < -0.3 is 4.90 Å². The Morgan fingerprint density at radius 3 is 1.83 bits per heavy atom. The van der Waals surface area contributed by atoms with Crippen molar-refractivity contribution in [3.8, 4) is 18.2 Å². The van der Waals surface area contributed by atoms with Crippen LogP contribution in [0.2, 0.25) is 0 Å². The van der Waals surface area contributed by atoms with Crippen molar-refractivity contribution in [2.75, 3.05) is 7.05 Å². The van der Waals surface area contributed by atoms with E-state index in [9.17, 15) is 19.3 Å². The molecule has 1 aromatic carbocycles. The highest BCUT2D eigenvalue weighted by atomic mass is 19.1. The van der Waals surface area contributed by atoms with E-state index in [1.807, 2.05) is 12.1 Å². The minimum Gasteiger partial charge on any atom is -0.350 e. The topological polar surface area (TPSA) is 74.6 Å². The summed E-state index contributed by atoms with van der Waals surface area (Å²) >= 11 is 0. The number of nitrogens with zero attached hydrogens (tertiary/aromatic N) is 4. The Balaban J connectivity index is 2.89. The lowest BCUT2D eigenvalue weighted by Gasteiger charge is -2.33. The second-order valence-corrected chi connectivity index (χ2v) is 5.59. The SMILES string of the molecule is CC1=C(C#N)C(c2cc(C#N)c(F)c(C)c2F)C(C#N)=C(C)N1C. The molecule has 4 nitrogen and oxygen atoms in total. The minimum atomic E-state index is -0.956. The van der Waals surface area contributed by atoms with E-state index in [1.165, 1.54) is 6.92 Å². The van der Waals surface area contributed by atoms with Gasteiger partial charge in [-0.1, -0.05) is 0 Å². The van der Waals surface area contributed by atoms with Gasteiger partial charge in [0.25, 0.3) is 0 Å². The maximum absolute atomic E-state index is 14.7. The third kappa shape index (κ3) is 2.32. The molecule has 0 spiro atoms. The molecule has 0 saturated heterocycles. The van der Waals surface area contributed by atoms with Crippen LogP contribution in [0.3, 0.4) is 0 Å². The first-order valence-electron chi connectivity index (χ1n) is 7.14. The molecule has 0 aliphatic carbocycles. The molecule has 120 valence electrons. The Kier molecular flexibility index (Phi) is 4.40. The van der Waals surface area contributed by atoms with E-state index < -0.39 is 17.6 Å². The van der Waals surface area contributed by atoms with Gasteiger partial charge in [0.1, 0.15) is 17.7 Å². The van der Waals surface area contributed by atoms with Crippen molar-refractivity contribution < 1.29 is 8.78 Å². The van der Waals surface area contributed by atoms with E-state index in [1.54, 1.807) is 31.9 Å². The van der Waals surface area contributed by atoms with Crippen LogP contribution in [0, 0.1) is 52.6 Å². The number of hydrogen-bond donors (Lipinski definition) is 0. The number of rotatable bonds is 1. The predicted molar refractivity (Wildman–Crippen MR) is 82.9 cm³/mol. The zero-order valence-electron chi connectivity index (χ0n) is 13.7. The van der Waals surface area contributed by atoms with Crippen LogP contribution in [0.1, 0.15) is 36.5 Å². The maximum atomic E-state index is 14.7. The van der Waals surface area contributed by atoms with Crippen LogP contribution in [-0.4, -0.2) is 11.9 Å². The molecule has 6 heteroatoms. The summed E-state index contributed by atoms with van der Waals surface area (Å²) in [5, 5.41) is 28.1. The van der Waals surface area contributed by atoms with Gasteiger partial charge in [0, 0.05) is 29.6 Å². The maximum Gasteiger partial charge on any atom is 0.146 e. The molecule has 1 aliphatic heterocycles. The van der Waals surface area contributed by atoms with Crippen LogP contribution in [0.4, 0.5) is 8.78 Å². The fourth-order valence-electron chi connectivity index (χ4n) is 2.87. The van der Waals surface area contributed by atoms with Crippen LogP contribution >= 0.6 is 0 Å².